The largest absolute Gasteiger partial charge is 0.393 e. The minimum Gasteiger partial charge on any atom is -0.393 e. The van der Waals surface area contributed by atoms with E-state index in [1.807, 2.05) is 48.1 Å². The topological polar surface area (TPSA) is 79.2 Å². The Bertz CT molecular complexity index is 598. The summed E-state index contributed by atoms with van der Waals surface area (Å²) in [4.78, 5) is 11.8. The molecule has 2 rings (SSSR count). The summed E-state index contributed by atoms with van der Waals surface area (Å²) in [6, 6.07) is 9.64. The quantitative estimate of drug-likeness (QED) is 0.696. The Morgan fingerprint density at radius 1 is 1.26 bits per heavy atom. The SMILES string of the molecule is CCC(O)CCNC(=O)NCc1ccccc1Cn1cccn1. The van der Waals surface area contributed by atoms with Crippen LogP contribution in [0.2, 0.25) is 0 Å². The maximum atomic E-state index is 11.8. The van der Waals surface area contributed by atoms with Gasteiger partial charge in [-0.1, -0.05) is 31.2 Å². The van der Waals surface area contributed by atoms with E-state index in [0.717, 1.165) is 11.1 Å². The number of aliphatic hydroxyl groups excluding tert-OH is 1. The third-order valence-corrected chi connectivity index (χ3v) is 3.68. The first-order valence-corrected chi connectivity index (χ1v) is 7.93. The number of nitrogens with zero attached hydrogens (tertiary/aromatic N) is 2. The molecule has 1 aromatic heterocycles. The lowest BCUT2D eigenvalue weighted by molar-refractivity contribution is 0.160. The monoisotopic (exact) mass is 316 g/mol. The molecule has 6 heteroatoms. The molecule has 0 fully saturated rings. The first kappa shape index (κ1) is 17.0. The minimum absolute atomic E-state index is 0.220. The normalized spacial score (nSPS) is 11.9. The second-order valence-electron chi connectivity index (χ2n) is 5.43. The van der Waals surface area contributed by atoms with Crippen molar-refractivity contribution in [3.05, 3.63) is 53.9 Å². The van der Waals surface area contributed by atoms with Crippen molar-refractivity contribution in [2.75, 3.05) is 6.54 Å². The van der Waals surface area contributed by atoms with E-state index < -0.39 is 0 Å². The first-order valence-electron chi connectivity index (χ1n) is 7.93. The van der Waals surface area contributed by atoms with E-state index in [1.54, 1.807) is 6.20 Å². The minimum atomic E-state index is -0.356. The molecule has 0 saturated carbocycles. The van der Waals surface area contributed by atoms with Gasteiger partial charge in [0, 0.05) is 25.5 Å². The first-order chi connectivity index (χ1) is 11.2. The van der Waals surface area contributed by atoms with Crippen LogP contribution in [0.3, 0.4) is 0 Å². The molecule has 1 unspecified atom stereocenters. The van der Waals surface area contributed by atoms with Crippen molar-refractivity contribution < 1.29 is 9.90 Å². The van der Waals surface area contributed by atoms with E-state index in [2.05, 4.69) is 15.7 Å². The van der Waals surface area contributed by atoms with Crippen LogP contribution in [0.15, 0.2) is 42.7 Å². The van der Waals surface area contributed by atoms with Gasteiger partial charge in [0.05, 0.1) is 12.6 Å². The van der Waals surface area contributed by atoms with E-state index in [9.17, 15) is 9.90 Å². The fourth-order valence-corrected chi connectivity index (χ4v) is 2.25. The maximum Gasteiger partial charge on any atom is 0.315 e. The van der Waals surface area contributed by atoms with Crippen LogP contribution in [-0.4, -0.2) is 33.6 Å². The Morgan fingerprint density at radius 2 is 2.04 bits per heavy atom. The molecular formula is C17H24N4O2. The van der Waals surface area contributed by atoms with Crippen LogP contribution >= 0.6 is 0 Å². The van der Waals surface area contributed by atoms with Gasteiger partial charge in [0.2, 0.25) is 0 Å². The Morgan fingerprint density at radius 3 is 2.74 bits per heavy atom. The third kappa shape index (κ3) is 5.75. The van der Waals surface area contributed by atoms with Gasteiger partial charge in [0.25, 0.3) is 0 Å². The van der Waals surface area contributed by atoms with Crippen molar-refractivity contribution in [1.82, 2.24) is 20.4 Å². The van der Waals surface area contributed by atoms with Crippen LogP contribution in [0.5, 0.6) is 0 Å². The molecule has 1 atom stereocenters. The summed E-state index contributed by atoms with van der Waals surface area (Å²) < 4.78 is 1.85. The predicted molar refractivity (Wildman–Crippen MR) is 88.9 cm³/mol. The Hall–Kier alpha value is -2.34. The molecule has 2 aromatic rings. The molecule has 3 N–H and O–H groups in total. The number of aromatic nitrogens is 2. The zero-order valence-corrected chi connectivity index (χ0v) is 13.4. The number of rotatable bonds is 8. The van der Waals surface area contributed by atoms with E-state index in [-0.39, 0.29) is 12.1 Å². The molecule has 1 aromatic carbocycles. The second-order valence-corrected chi connectivity index (χ2v) is 5.43. The fourth-order valence-electron chi connectivity index (χ4n) is 2.25. The summed E-state index contributed by atoms with van der Waals surface area (Å²) in [6.45, 7) is 3.52. The van der Waals surface area contributed by atoms with Crippen molar-refractivity contribution >= 4 is 6.03 Å². The average molecular weight is 316 g/mol. The predicted octanol–water partition coefficient (Wildman–Crippen LogP) is 1.89. The number of urea groups is 1. The molecule has 23 heavy (non-hydrogen) atoms. The maximum absolute atomic E-state index is 11.8. The number of aliphatic hydroxyl groups is 1. The summed E-state index contributed by atoms with van der Waals surface area (Å²) in [5, 5.41) is 19.3. The van der Waals surface area contributed by atoms with Gasteiger partial charge < -0.3 is 15.7 Å². The van der Waals surface area contributed by atoms with Crippen molar-refractivity contribution in [1.29, 1.82) is 0 Å². The van der Waals surface area contributed by atoms with Gasteiger partial charge in [-0.15, -0.1) is 0 Å². The van der Waals surface area contributed by atoms with Gasteiger partial charge in [-0.3, -0.25) is 4.68 Å². The van der Waals surface area contributed by atoms with Gasteiger partial charge in [0.1, 0.15) is 0 Å². The molecule has 0 aliphatic heterocycles. The van der Waals surface area contributed by atoms with E-state index in [1.165, 1.54) is 0 Å². The molecular weight excluding hydrogens is 292 g/mol. The molecule has 6 nitrogen and oxygen atoms in total. The van der Waals surface area contributed by atoms with Gasteiger partial charge in [-0.25, -0.2) is 4.79 Å². The summed E-state index contributed by atoms with van der Waals surface area (Å²) in [6.07, 6.45) is 4.57. The van der Waals surface area contributed by atoms with Gasteiger partial charge in [-0.05, 0) is 30.0 Å². The molecule has 0 radical (unpaired) electrons. The Labute approximate surface area is 136 Å². The molecule has 0 bridgehead atoms. The zero-order valence-electron chi connectivity index (χ0n) is 13.4. The Balaban J connectivity index is 1.82. The van der Waals surface area contributed by atoms with Crippen LogP contribution in [0.25, 0.3) is 0 Å². The number of hydrogen-bond acceptors (Lipinski definition) is 3. The summed E-state index contributed by atoms with van der Waals surface area (Å²) in [5.74, 6) is 0. The van der Waals surface area contributed by atoms with Crippen molar-refractivity contribution in [3.8, 4) is 0 Å². The van der Waals surface area contributed by atoms with Gasteiger partial charge >= 0.3 is 6.03 Å². The zero-order chi connectivity index (χ0) is 16.5. The average Bonchev–Trinajstić information content (AvgIpc) is 3.07. The molecule has 1 heterocycles. The molecule has 0 aliphatic rings. The van der Waals surface area contributed by atoms with Crippen molar-refractivity contribution in [3.63, 3.8) is 0 Å². The van der Waals surface area contributed by atoms with E-state index in [4.69, 9.17) is 0 Å². The summed E-state index contributed by atoms with van der Waals surface area (Å²) in [5.41, 5.74) is 2.18. The van der Waals surface area contributed by atoms with Crippen LogP contribution in [0.1, 0.15) is 30.9 Å². The molecule has 0 aliphatic carbocycles. The lowest BCUT2D eigenvalue weighted by Gasteiger charge is -2.12. The highest BCUT2D eigenvalue weighted by Crippen LogP contribution is 2.10. The highest BCUT2D eigenvalue weighted by atomic mass is 16.3. The molecule has 124 valence electrons. The number of carbonyl (C=O) groups excluding carboxylic acids is 1. The van der Waals surface area contributed by atoms with Gasteiger partial charge in [0.15, 0.2) is 0 Å². The second kappa shape index (κ2) is 8.95. The van der Waals surface area contributed by atoms with Crippen molar-refractivity contribution in [2.24, 2.45) is 0 Å². The highest BCUT2D eigenvalue weighted by molar-refractivity contribution is 5.73. The number of amides is 2. The summed E-state index contributed by atoms with van der Waals surface area (Å²) in [7, 11) is 0. The fraction of sp³-hybridized carbons (Fsp3) is 0.412. The van der Waals surface area contributed by atoms with Crippen molar-refractivity contribution in [2.45, 2.75) is 39.0 Å². The number of carbonyl (C=O) groups is 1. The number of benzene rings is 1. The van der Waals surface area contributed by atoms with Crippen LogP contribution in [0, 0.1) is 0 Å². The van der Waals surface area contributed by atoms with Crippen LogP contribution in [0.4, 0.5) is 4.79 Å². The van der Waals surface area contributed by atoms with Crippen LogP contribution < -0.4 is 10.6 Å². The van der Waals surface area contributed by atoms with E-state index >= 15 is 0 Å². The van der Waals surface area contributed by atoms with Gasteiger partial charge in [-0.2, -0.15) is 5.10 Å². The summed E-state index contributed by atoms with van der Waals surface area (Å²) >= 11 is 0. The lowest BCUT2D eigenvalue weighted by atomic mass is 10.1. The number of hydrogen-bond donors (Lipinski definition) is 3. The Kier molecular flexibility index (Phi) is 6.62. The standard InChI is InChI=1S/C17H24N4O2/c1-2-16(22)8-10-18-17(23)19-12-14-6-3-4-7-15(14)13-21-11-5-9-20-21/h3-7,9,11,16,22H,2,8,10,12-13H2,1H3,(H2,18,19,23). The van der Waals surface area contributed by atoms with E-state index in [0.29, 0.717) is 32.5 Å². The lowest BCUT2D eigenvalue weighted by Crippen LogP contribution is -2.36. The highest BCUT2D eigenvalue weighted by Gasteiger charge is 2.06. The molecule has 2 amide bonds. The number of nitrogens with one attached hydrogen (secondary N) is 2. The smallest absolute Gasteiger partial charge is 0.315 e. The molecule has 0 saturated heterocycles. The molecule has 0 spiro atoms. The third-order valence-electron chi connectivity index (χ3n) is 3.68. The van der Waals surface area contributed by atoms with Crippen LogP contribution in [-0.2, 0) is 13.1 Å².